The van der Waals surface area contributed by atoms with Gasteiger partial charge in [-0.05, 0) is 17.7 Å². The van der Waals surface area contributed by atoms with Crippen LogP contribution in [0.1, 0.15) is 23.4 Å². The molecule has 0 radical (unpaired) electrons. The summed E-state index contributed by atoms with van der Waals surface area (Å²) >= 11 is 2.17. The van der Waals surface area contributed by atoms with E-state index in [1.807, 2.05) is 35.2 Å². The lowest BCUT2D eigenvalue weighted by Crippen LogP contribution is -2.62. The van der Waals surface area contributed by atoms with E-state index in [-0.39, 0.29) is 45.8 Å². The van der Waals surface area contributed by atoms with Crippen molar-refractivity contribution in [3.8, 4) is 0 Å². The van der Waals surface area contributed by atoms with Crippen molar-refractivity contribution in [1.29, 1.82) is 0 Å². The molecule has 0 saturated carbocycles. The number of benzene rings is 1. The van der Waals surface area contributed by atoms with E-state index in [9.17, 15) is 29.6 Å². The fourth-order valence-electron chi connectivity index (χ4n) is 4.77. The second-order valence-corrected chi connectivity index (χ2v) is 11.3. The number of hydrogen-bond acceptors (Lipinski definition) is 12. The number of anilines is 1. The van der Waals surface area contributed by atoms with Crippen LogP contribution in [0.3, 0.4) is 0 Å². The topological polar surface area (TPSA) is 195 Å². The summed E-state index contributed by atoms with van der Waals surface area (Å²) in [6, 6.07) is 10.4. The van der Waals surface area contributed by atoms with Crippen LogP contribution in [0, 0.1) is 16.0 Å². The SMILES string of the molecule is CO/N=C(\C(=O)CC1C(=O)N2C(C(=O)O)=C(/C=C/c3ccc(C[n+]4ccccc4)cc3[N+](=O)[O-])CSC12)c1nsc(N)n1. The van der Waals surface area contributed by atoms with Crippen LogP contribution in [-0.4, -0.2) is 65.9 Å². The molecule has 220 valence electrons. The lowest BCUT2D eigenvalue weighted by Gasteiger charge is -2.49. The van der Waals surface area contributed by atoms with Gasteiger partial charge in [0.2, 0.25) is 11.7 Å². The van der Waals surface area contributed by atoms with Gasteiger partial charge in [-0.1, -0.05) is 23.4 Å². The Morgan fingerprint density at radius 1 is 1.30 bits per heavy atom. The zero-order chi connectivity index (χ0) is 30.7. The van der Waals surface area contributed by atoms with E-state index in [2.05, 4.69) is 14.5 Å². The number of carbonyl (C=O) groups is 3. The minimum atomic E-state index is -1.32. The summed E-state index contributed by atoms with van der Waals surface area (Å²) in [5.41, 5.74) is 6.39. The first kappa shape index (κ1) is 29.5. The number of allylic oxidation sites excluding steroid dienone is 1. The summed E-state index contributed by atoms with van der Waals surface area (Å²) < 4.78 is 5.86. The number of amides is 1. The molecule has 3 N–H and O–H groups in total. The molecular formula is C27H24N7O7S2+. The van der Waals surface area contributed by atoms with E-state index in [0.717, 1.165) is 22.0 Å². The second kappa shape index (κ2) is 12.5. The summed E-state index contributed by atoms with van der Waals surface area (Å²) in [7, 11) is 1.25. The fraction of sp³-hybridized carbons (Fsp3) is 0.222. The van der Waals surface area contributed by atoms with Crippen molar-refractivity contribution < 1.29 is 33.8 Å². The van der Waals surface area contributed by atoms with Crippen molar-refractivity contribution in [1.82, 2.24) is 14.3 Å². The van der Waals surface area contributed by atoms with Crippen LogP contribution >= 0.6 is 23.3 Å². The van der Waals surface area contributed by atoms with Gasteiger partial charge in [-0.15, -0.1) is 11.8 Å². The zero-order valence-electron chi connectivity index (χ0n) is 22.5. The van der Waals surface area contributed by atoms with Gasteiger partial charge in [-0.25, -0.2) is 9.36 Å². The Hall–Kier alpha value is -4.96. The third-order valence-electron chi connectivity index (χ3n) is 6.71. The van der Waals surface area contributed by atoms with Gasteiger partial charge in [0.15, 0.2) is 35.6 Å². The highest BCUT2D eigenvalue weighted by molar-refractivity contribution is 8.00. The number of Topliss-reactive ketones (excluding diaryl/α,β-unsaturated/α-hetero) is 1. The van der Waals surface area contributed by atoms with E-state index in [4.69, 9.17) is 10.6 Å². The van der Waals surface area contributed by atoms with Crippen LogP contribution in [-0.2, 0) is 25.8 Å². The number of rotatable bonds is 11. The van der Waals surface area contributed by atoms with E-state index < -0.39 is 33.9 Å². The van der Waals surface area contributed by atoms with Crippen molar-refractivity contribution >= 4 is 63.6 Å². The molecule has 0 aliphatic carbocycles. The highest BCUT2D eigenvalue weighted by Gasteiger charge is 2.54. The number of nitrogen functional groups attached to an aromatic ring is 1. The monoisotopic (exact) mass is 622 g/mol. The predicted molar refractivity (Wildman–Crippen MR) is 157 cm³/mol. The van der Waals surface area contributed by atoms with E-state index in [1.165, 1.54) is 37.1 Å². The molecule has 2 aliphatic rings. The van der Waals surface area contributed by atoms with Crippen molar-refractivity contribution in [2.24, 2.45) is 11.1 Å². The lowest BCUT2D eigenvalue weighted by atomic mass is 9.89. The van der Waals surface area contributed by atoms with Crippen LogP contribution in [0.15, 0.2) is 71.3 Å². The molecule has 0 spiro atoms. The number of nitro groups is 1. The third-order valence-corrected chi connectivity index (χ3v) is 8.62. The second-order valence-electron chi connectivity index (χ2n) is 9.43. The first-order valence-electron chi connectivity index (χ1n) is 12.7. The highest BCUT2D eigenvalue weighted by Crippen LogP contribution is 2.45. The number of β-lactam (4-membered cyclic amide) rings is 1. The number of carbonyl (C=O) groups excluding carboxylic acids is 2. The number of carboxylic acid groups (broad SMARTS) is 1. The number of aromatic nitrogens is 3. The Morgan fingerprint density at radius 2 is 2.07 bits per heavy atom. The van der Waals surface area contributed by atoms with E-state index in [1.54, 1.807) is 12.1 Å². The maximum absolute atomic E-state index is 13.1. The van der Waals surface area contributed by atoms with Crippen molar-refractivity contribution in [3.05, 3.63) is 93.2 Å². The summed E-state index contributed by atoms with van der Waals surface area (Å²) in [4.78, 5) is 59.6. The standard InChI is InChI=1S/C27H23N7O7S2/c1-41-30-21(23-29-27(28)43-31-23)20(35)12-18-24(36)33-22(26(37)38)17(14-42-25(18)33)8-7-16-6-5-15(11-19(16)34(39)40)13-32-9-3-2-4-10-32/h2-11,18,25H,12-14H2,1H3,(H2-,28,29,31,37,38)/p+1/b8-7+,30-21+. The Bertz CT molecular complexity index is 1700. The highest BCUT2D eigenvalue weighted by atomic mass is 32.2. The number of pyridine rings is 1. The van der Waals surface area contributed by atoms with Crippen molar-refractivity contribution in [2.75, 3.05) is 18.6 Å². The number of nitro benzene ring substituents is 1. The van der Waals surface area contributed by atoms with Gasteiger partial charge in [0.05, 0.1) is 21.8 Å². The Kier molecular flexibility index (Phi) is 8.58. The number of ketones is 1. The number of nitrogens with two attached hydrogens (primary N) is 1. The average molecular weight is 623 g/mol. The summed E-state index contributed by atoms with van der Waals surface area (Å²) in [6.07, 6.45) is 6.40. The minimum Gasteiger partial charge on any atom is -0.477 e. The third kappa shape index (κ3) is 6.14. The maximum Gasteiger partial charge on any atom is 0.352 e. The molecule has 1 fully saturated rings. The van der Waals surface area contributed by atoms with Gasteiger partial charge in [0, 0.05) is 47.5 Å². The van der Waals surface area contributed by atoms with Crippen LogP contribution < -0.4 is 10.3 Å². The summed E-state index contributed by atoms with van der Waals surface area (Å²) in [6.45, 7) is 0.436. The van der Waals surface area contributed by atoms with Gasteiger partial charge < -0.3 is 15.7 Å². The smallest absolute Gasteiger partial charge is 0.352 e. The molecule has 2 aromatic heterocycles. The quantitative estimate of drug-likeness (QED) is 0.105. The molecule has 5 rings (SSSR count). The molecule has 1 aromatic carbocycles. The Balaban J connectivity index is 1.35. The summed E-state index contributed by atoms with van der Waals surface area (Å²) in [5.74, 6) is -3.02. The molecule has 2 aliphatic heterocycles. The maximum atomic E-state index is 13.1. The number of thioether (sulfide) groups is 1. The molecule has 3 aromatic rings. The molecule has 1 saturated heterocycles. The van der Waals surface area contributed by atoms with Crippen molar-refractivity contribution in [3.63, 3.8) is 0 Å². The number of carboxylic acids is 1. The molecule has 43 heavy (non-hydrogen) atoms. The van der Waals surface area contributed by atoms with Crippen LogP contribution in [0.5, 0.6) is 0 Å². The first-order valence-corrected chi connectivity index (χ1v) is 14.5. The van der Waals surface area contributed by atoms with Crippen molar-refractivity contribution in [2.45, 2.75) is 18.3 Å². The molecular weight excluding hydrogens is 598 g/mol. The molecule has 2 atom stereocenters. The van der Waals surface area contributed by atoms with Crippen LogP contribution in [0.2, 0.25) is 0 Å². The number of nitrogens with zero attached hydrogens (tertiary/aromatic N) is 6. The molecule has 14 nitrogen and oxygen atoms in total. The van der Waals surface area contributed by atoms with E-state index in [0.29, 0.717) is 12.1 Å². The minimum absolute atomic E-state index is 0.0197. The first-order chi connectivity index (χ1) is 20.7. The predicted octanol–water partition coefficient (Wildman–Crippen LogP) is 2.26. The van der Waals surface area contributed by atoms with Gasteiger partial charge in [0.25, 0.3) is 5.69 Å². The molecule has 2 unspecified atom stereocenters. The normalized spacial score (nSPS) is 18.4. The number of aliphatic carboxylic acids is 1. The molecule has 16 heteroatoms. The average Bonchev–Trinajstić information content (AvgIpc) is 3.43. The van der Waals surface area contributed by atoms with Gasteiger partial charge in [0.1, 0.15) is 12.8 Å². The van der Waals surface area contributed by atoms with Gasteiger partial charge in [-0.2, -0.15) is 9.36 Å². The van der Waals surface area contributed by atoms with Crippen LogP contribution in [0.4, 0.5) is 10.8 Å². The van der Waals surface area contributed by atoms with E-state index >= 15 is 0 Å². The Morgan fingerprint density at radius 3 is 2.72 bits per heavy atom. The molecule has 1 amide bonds. The number of oxime groups is 1. The van der Waals surface area contributed by atoms with Gasteiger partial charge >= 0.3 is 5.97 Å². The van der Waals surface area contributed by atoms with Crippen LogP contribution in [0.25, 0.3) is 6.08 Å². The fourth-order valence-corrected chi connectivity index (χ4v) is 6.59. The zero-order valence-corrected chi connectivity index (χ0v) is 24.2. The molecule has 4 heterocycles. The summed E-state index contributed by atoms with van der Waals surface area (Å²) in [5, 5.41) is 25.1. The number of fused-ring (bicyclic) bond motifs is 1. The van der Waals surface area contributed by atoms with Gasteiger partial charge in [-0.3, -0.25) is 24.6 Å². The Labute approximate surface area is 252 Å². The largest absolute Gasteiger partial charge is 0.477 e. The molecule has 0 bridgehead atoms. The number of hydrogen-bond donors (Lipinski definition) is 2. The lowest BCUT2D eigenvalue weighted by molar-refractivity contribution is -0.688.